The Hall–Kier alpha value is -2.40. The van der Waals surface area contributed by atoms with Crippen LogP contribution in [0.4, 0.5) is 11.4 Å². The van der Waals surface area contributed by atoms with Gasteiger partial charge in [-0.2, -0.15) is 5.26 Å². The molecule has 0 spiro atoms. The first kappa shape index (κ1) is 26.2. The second-order valence-corrected chi connectivity index (χ2v) is 9.92. The fraction of sp³-hybridized carbons (Fsp3) is 0.0435. The summed E-state index contributed by atoms with van der Waals surface area (Å²) in [6, 6.07) is 16.3. The van der Waals surface area contributed by atoms with Gasteiger partial charge in [0.1, 0.15) is 24.0 Å². The highest BCUT2D eigenvalue weighted by molar-refractivity contribution is 14.1. The van der Waals surface area contributed by atoms with Gasteiger partial charge in [0, 0.05) is 17.8 Å². The molecule has 172 valence electrons. The molecule has 3 rings (SSSR count). The molecule has 0 saturated heterocycles. The second kappa shape index (κ2) is 11.8. The van der Waals surface area contributed by atoms with Gasteiger partial charge in [0.05, 0.1) is 22.1 Å². The van der Waals surface area contributed by atoms with E-state index >= 15 is 0 Å². The minimum atomic E-state index is -0.579. The van der Waals surface area contributed by atoms with Crippen LogP contribution in [0.1, 0.15) is 11.1 Å². The predicted octanol–water partition coefficient (Wildman–Crippen LogP) is 7.24. The lowest BCUT2D eigenvalue weighted by Gasteiger charge is -2.12. The van der Waals surface area contributed by atoms with Crippen LogP contribution in [0.2, 0.25) is 10.0 Å². The minimum absolute atomic E-state index is 0.0144. The van der Waals surface area contributed by atoms with Crippen molar-refractivity contribution in [2.24, 2.45) is 0 Å². The number of nitrogens with one attached hydrogen (secondary N) is 1. The first-order valence-corrected chi connectivity index (χ1v) is 12.3. The summed E-state index contributed by atoms with van der Waals surface area (Å²) in [5.41, 5.74) is 1.78. The van der Waals surface area contributed by atoms with Gasteiger partial charge in [-0.15, -0.1) is 0 Å². The SMILES string of the molecule is N#C/C(=C\c1cc(I)c(OCc2ccc([N+](=O)[O-])cc2)c(I)c1)C(=O)Nc1ccc(Cl)c(Cl)c1. The summed E-state index contributed by atoms with van der Waals surface area (Å²) in [6.07, 6.45) is 1.48. The standard InChI is InChI=1S/C23H13Cl2I2N3O4/c24-18-6-3-16(10-19(18)25)29-23(31)15(11-28)7-14-8-20(26)22(21(27)9-14)34-12-13-1-4-17(5-2-13)30(32)33/h1-10H,12H2,(H,29,31)/b15-7+. The van der Waals surface area contributed by atoms with Crippen LogP contribution in [0.5, 0.6) is 5.75 Å². The molecule has 0 bridgehead atoms. The number of carbonyl (C=O) groups excluding carboxylic acids is 1. The topological polar surface area (TPSA) is 105 Å². The average molecular weight is 720 g/mol. The Bertz CT molecular complexity index is 1320. The molecule has 0 aliphatic rings. The number of carbonyl (C=O) groups is 1. The van der Waals surface area contributed by atoms with Crippen molar-refractivity contribution in [2.75, 3.05) is 5.32 Å². The highest BCUT2D eigenvalue weighted by Gasteiger charge is 2.14. The molecular weight excluding hydrogens is 707 g/mol. The number of benzene rings is 3. The van der Waals surface area contributed by atoms with E-state index in [-0.39, 0.29) is 22.9 Å². The molecule has 3 aromatic rings. The normalized spacial score (nSPS) is 11.0. The van der Waals surface area contributed by atoms with Crippen molar-refractivity contribution >= 4 is 91.7 Å². The summed E-state index contributed by atoms with van der Waals surface area (Å²) in [7, 11) is 0. The van der Waals surface area contributed by atoms with Gasteiger partial charge < -0.3 is 10.1 Å². The molecule has 11 heteroatoms. The van der Waals surface area contributed by atoms with Crippen molar-refractivity contribution in [2.45, 2.75) is 6.61 Å². The second-order valence-electron chi connectivity index (χ2n) is 6.78. The van der Waals surface area contributed by atoms with Gasteiger partial charge in [0.2, 0.25) is 0 Å². The molecular formula is C23H13Cl2I2N3O4. The average Bonchev–Trinajstić information content (AvgIpc) is 2.79. The third kappa shape index (κ3) is 6.82. The van der Waals surface area contributed by atoms with Gasteiger partial charge in [0.25, 0.3) is 11.6 Å². The number of non-ortho nitro benzene ring substituents is 1. The highest BCUT2D eigenvalue weighted by Crippen LogP contribution is 2.31. The molecule has 0 radical (unpaired) electrons. The number of ether oxygens (including phenoxy) is 1. The first-order valence-electron chi connectivity index (χ1n) is 9.41. The number of hydrogen-bond donors (Lipinski definition) is 1. The van der Waals surface area contributed by atoms with E-state index in [2.05, 4.69) is 50.5 Å². The molecule has 0 aromatic heterocycles. The monoisotopic (exact) mass is 719 g/mol. The Morgan fingerprint density at radius 2 is 1.74 bits per heavy atom. The number of nitro groups is 1. The molecule has 0 heterocycles. The van der Waals surface area contributed by atoms with Crippen LogP contribution in [-0.2, 0) is 11.4 Å². The molecule has 0 aliphatic heterocycles. The lowest BCUT2D eigenvalue weighted by atomic mass is 10.1. The molecule has 0 fully saturated rings. The van der Waals surface area contributed by atoms with Crippen LogP contribution in [0.25, 0.3) is 6.08 Å². The predicted molar refractivity (Wildman–Crippen MR) is 148 cm³/mol. The summed E-state index contributed by atoms with van der Waals surface area (Å²) in [4.78, 5) is 22.9. The van der Waals surface area contributed by atoms with Gasteiger partial charge in [-0.25, -0.2) is 0 Å². The van der Waals surface area contributed by atoms with E-state index in [0.29, 0.717) is 22.0 Å². The smallest absolute Gasteiger partial charge is 0.269 e. The molecule has 0 atom stereocenters. The van der Waals surface area contributed by atoms with Crippen LogP contribution in [0, 0.1) is 28.6 Å². The molecule has 0 saturated carbocycles. The van der Waals surface area contributed by atoms with Crippen molar-refractivity contribution < 1.29 is 14.5 Å². The summed E-state index contributed by atoms with van der Waals surface area (Å²) >= 11 is 16.1. The zero-order valence-electron chi connectivity index (χ0n) is 17.0. The Kier molecular flexibility index (Phi) is 9.12. The molecule has 1 N–H and O–H groups in total. The minimum Gasteiger partial charge on any atom is -0.487 e. The van der Waals surface area contributed by atoms with E-state index < -0.39 is 10.8 Å². The maximum Gasteiger partial charge on any atom is 0.269 e. The van der Waals surface area contributed by atoms with Crippen LogP contribution in [0.3, 0.4) is 0 Å². The van der Waals surface area contributed by atoms with Gasteiger partial charge in [-0.1, -0.05) is 23.2 Å². The van der Waals surface area contributed by atoms with Gasteiger partial charge in [0.15, 0.2) is 0 Å². The first-order chi connectivity index (χ1) is 16.2. The molecule has 34 heavy (non-hydrogen) atoms. The largest absolute Gasteiger partial charge is 0.487 e. The van der Waals surface area contributed by atoms with Gasteiger partial charge >= 0.3 is 0 Å². The number of nitrogens with zero attached hydrogens (tertiary/aromatic N) is 2. The van der Waals surface area contributed by atoms with Crippen LogP contribution in [0.15, 0.2) is 60.2 Å². The van der Waals surface area contributed by atoms with Crippen molar-refractivity contribution in [1.82, 2.24) is 0 Å². The summed E-state index contributed by atoms with van der Waals surface area (Å²) in [5, 5.41) is 23.5. The quantitative estimate of drug-likeness (QED) is 0.0912. The molecule has 3 aromatic carbocycles. The van der Waals surface area contributed by atoms with E-state index in [1.807, 2.05) is 6.07 Å². The maximum absolute atomic E-state index is 12.6. The Morgan fingerprint density at radius 3 is 2.29 bits per heavy atom. The Balaban J connectivity index is 1.75. The fourth-order valence-corrected chi connectivity index (χ4v) is 5.18. The van der Waals surface area contributed by atoms with Gasteiger partial charge in [-0.3, -0.25) is 14.9 Å². The van der Waals surface area contributed by atoms with Crippen molar-refractivity contribution in [3.05, 3.63) is 98.6 Å². The molecule has 1 amide bonds. The van der Waals surface area contributed by atoms with E-state index in [0.717, 1.165) is 12.7 Å². The van der Waals surface area contributed by atoms with Crippen LogP contribution < -0.4 is 10.1 Å². The number of nitro benzene ring substituents is 1. The Morgan fingerprint density at radius 1 is 1.09 bits per heavy atom. The van der Waals surface area contributed by atoms with E-state index in [1.165, 1.54) is 24.3 Å². The molecule has 0 unspecified atom stereocenters. The number of hydrogen-bond acceptors (Lipinski definition) is 5. The van der Waals surface area contributed by atoms with Crippen molar-refractivity contribution in [3.8, 4) is 11.8 Å². The van der Waals surface area contributed by atoms with E-state index in [4.69, 9.17) is 27.9 Å². The van der Waals surface area contributed by atoms with Crippen LogP contribution in [-0.4, -0.2) is 10.8 Å². The molecule has 0 aliphatic carbocycles. The lowest BCUT2D eigenvalue weighted by molar-refractivity contribution is -0.384. The zero-order chi connectivity index (χ0) is 24.8. The summed E-state index contributed by atoms with van der Waals surface area (Å²) in [6.45, 7) is 0.231. The third-order valence-electron chi connectivity index (χ3n) is 4.40. The Labute approximate surface area is 232 Å². The highest BCUT2D eigenvalue weighted by atomic mass is 127. The van der Waals surface area contributed by atoms with E-state index in [1.54, 1.807) is 36.4 Å². The molecule has 7 nitrogen and oxygen atoms in total. The number of amides is 1. The van der Waals surface area contributed by atoms with E-state index in [9.17, 15) is 20.2 Å². The van der Waals surface area contributed by atoms with Crippen LogP contribution >= 0.6 is 68.4 Å². The number of rotatable bonds is 7. The van der Waals surface area contributed by atoms with Crippen molar-refractivity contribution in [3.63, 3.8) is 0 Å². The number of nitriles is 1. The summed E-state index contributed by atoms with van der Waals surface area (Å²) < 4.78 is 7.47. The van der Waals surface area contributed by atoms with Gasteiger partial charge in [-0.05, 0) is 105 Å². The fourth-order valence-electron chi connectivity index (χ4n) is 2.76. The number of anilines is 1. The maximum atomic E-state index is 12.6. The number of halogens is 4. The third-order valence-corrected chi connectivity index (χ3v) is 6.75. The lowest BCUT2D eigenvalue weighted by Crippen LogP contribution is -2.13. The van der Waals surface area contributed by atoms with Crippen molar-refractivity contribution in [1.29, 1.82) is 5.26 Å². The summed E-state index contributed by atoms with van der Waals surface area (Å²) in [5.74, 6) is 0.0554. The zero-order valence-corrected chi connectivity index (χ0v) is 22.8.